The van der Waals surface area contributed by atoms with E-state index in [0.717, 1.165) is 0 Å². The normalized spacial score (nSPS) is 17.5. The first-order chi connectivity index (χ1) is 8.04. The molecule has 0 spiro atoms. The molecule has 1 nitrogen and oxygen atoms in total. The molecule has 1 heterocycles. The van der Waals surface area contributed by atoms with Gasteiger partial charge < -0.3 is 5.32 Å². The highest BCUT2D eigenvalue weighted by molar-refractivity contribution is 6.30. The fourth-order valence-electron chi connectivity index (χ4n) is 2.09. The molecule has 0 radical (unpaired) electrons. The summed E-state index contributed by atoms with van der Waals surface area (Å²) in [5, 5.41) is 1.88. The summed E-state index contributed by atoms with van der Waals surface area (Å²) < 4.78 is 53.7. The van der Waals surface area contributed by atoms with E-state index in [2.05, 4.69) is 5.32 Å². The Morgan fingerprint density at radius 3 is 1.82 bits per heavy atom. The molecule has 1 aliphatic heterocycles. The fourth-order valence-corrected chi connectivity index (χ4v) is 2.26. The van der Waals surface area contributed by atoms with E-state index in [9.17, 15) is 17.6 Å². The molecular formula is C11H10ClF4N. The molecular weight excluding hydrogens is 258 g/mol. The van der Waals surface area contributed by atoms with E-state index in [-0.39, 0.29) is 0 Å². The second kappa shape index (κ2) is 4.82. The van der Waals surface area contributed by atoms with Crippen LogP contribution in [-0.2, 0) is 0 Å². The molecule has 1 aliphatic rings. The molecule has 0 aliphatic carbocycles. The molecule has 1 saturated heterocycles. The SMILES string of the molecule is Fc1c(F)c(C2CCNCC2)c(F)c(F)c1Cl. The van der Waals surface area contributed by atoms with Crippen molar-refractivity contribution in [3.63, 3.8) is 0 Å². The van der Waals surface area contributed by atoms with Crippen LogP contribution in [0.25, 0.3) is 0 Å². The van der Waals surface area contributed by atoms with Gasteiger partial charge in [-0.05, 0) is 31.8 Å². The first kappa shape index (κ1) is 12.6. The third kappa shape index (κ3) is 2.13. The van der Waals surface area contributed by atoms with Gasteiger partial charge in [-0.1, -0.05) is 11.6 Å². The van der Waals surface area contributed by atoms with E-state index < -0.39 is 39.8 Å². The van der Waals surface area contributed by atoms with Crippen molar-refractivity contribution >= 4 is 11.6 Å². The molecule has 0 saturated carbocycles. The zero-order chi connectivity index (χ0) is 12.6. The number of hydrogen-bond acceptors (Lipinski definition) is 1. The van der Waals surface area contributed by atoms with Gasteiger partial charge in [0.2, 0.25) is 0 Å². The Kier molecular flexibility index (Phi) is 3.58. The Morgan fingerprint density at radius 2 is 1.35 bits per heavy atom. The molecule has 0 amide bonds. The molecule has 6 heteroatoms. The Morgan fingerprint density at radius 1 is 0.882 bits per heavy atom. The molecule has 1 aromatic carbocycles. The monoisotopic (exact) mass is 267 g/mol. The van der Waals surface area contributed by atoms with Crippen molar-refractivity contribution in [2.45, 2.75) is 18.8 Å². The average molecular weight is 268 g/mol. The number of hydrogen-bond donors (Lipinski definition) is 1. The molecule has 94 valence electrons. The molecule has 17 heavy (non-hydrogen) atoms. The lowest BCUT2D eigenvalue weighted by molar-refractivity contribution is 0.391. The van der Waals surface area contributed by atoms with Gasteiger partial charge in [-0.25, -0.2) is 17.6 Å². The van der Waals surface area contributed by atoms with Crippen molar-refractivity contribution in [2.75, 3.05) is 13.1 Å². The van der Waals surface area contributed by atoms with E-state index in [1.165, 1.54) is 0 Å². The van der Waals surface area contributed by atoms with Crippen molar-refractivity contribution in [3.8, 4) is 0 Å². The van der Waals surface area contributed by atoms with Crippen LogP contribution in [0, 0.1) is 23.3 Å². The van der Waals surface area contributed by atoms with Crippen molar-refractivity contribution < 1.29 is 17.6 Å². The maximum absolute atomic E-state index is 13.6. The summed E-state index contributed by atoms with van der Waals surface area (Å²) in [5.74, 6) is -6.29. The zero-order valence-corrected chi connectivity index (χ0v) is 9.55. The third-order valence-electron chi connectivity index (χ3n) is 2.99. The molecule has 2 rings (SSSR count). The number of piperidine rings is 1. The summed E-state index contributed by atoms with van der Waals surface area (Å²) in [6.45, 7) is 1.13. The van der Waals surface area contributed by atoms with Crippen LogP contribution < -0.4 is 5.32 Å². The summed E-state index contributed by atoms with van der Waals surface area (Å²) in [5.41, 5.74) is -0.522. The molecule has 1 fully saturated rings. The Bertz CT molecular complexity index is 415. The van der Waals surface area contributed by atoms with Crippen molar-refractivity contribution in [1.82, 2.24) is 5.32 Å². The van der Waals surface area contributed by atoms with Crippen LogP contribution in [0.15, 0.2) is 0 Å². The van der Waals surface area contributed by atoms with Gasteiger partial charge >= 0.3 is 0 Å². The van der Waals surface area contributed by atoms with Gasteiger partial charge in [0.15, 0.2) is 23.3 Å². The largest absolute Gasteiger partial charge is 0.317 e. The Hall–Kier alpha value is -0.810. The standard InChI is InChI=1S/C11H10ClF4N/c12-7-10(15)8(13)6(9(14)11(7)16)5-1-3-17-4-2-5/h5,17H,1-4H2. The van der Waals surface area contributed by atoms with Crippen LogP contribution in [0.5, 0.6) is 0 Å². The molecule has 1 N–H and O–H groups in total. The fraction of sp³-hybridized carbons (Fsp3) is 0.455. The molecule has 0 bridgehead atoms. The minimum absolute atomic E-state index is 0.439. The Labute approximate surface area is 101 Å². The third-order valence-corrected chi connectivity index (χ3v) is 3.32. The lowest BCUT2D eigenvalue weighted by Crippen LogP contribution is -2.28. The number of nitrogens with one attached hydrogen (secondary N) is 1. The van der Waals surface area contributed by atoms with E-state index >= 15 is 0 Å². The van der Waals surface area contributed by atoms with Crippen LogP contribution >= 0.6 is 11.6 Å². The summed E-state index contributed by atoms with van der Waals surface area (Å²) in [6.07, 6.45) is 0.878. The van der Waals surface area contributed by atoms with Crippen molar-refractivity contribution in [1.29, 1.82) is 0 Å². The zero-order valence-electron chi connectivity index (χ0n) is 8.80. The van der Waals surface area contributed by atoms with Crippen molar-refractivity contribution in [3.05, 3.63) is 33.9 Å². The van der Waals surface area contributed by atoms with Crippen LogP contribution in [0.1, 0.15) is 24.3 Å². The summed E-state index contributed by atoms with van der Waals surface area (Å²) in [6, 6.07) is 0. The summed E-state index contributed by atoms with van der Waals surface area (Å²) >= 11 is 5.16. The second-order valence-corrected chi connectivity index (χ2v) is 4.39. The van der Waals surface area contributed by atoms with E-state index in [0.29, 0.717) is 25.9 Å². The maximum Gasteiger partial charge on any atom is 0.180 e. The highest BCUT2D eigenvalue weighted by Gasteiger charge is 2.29. The minimum Gasteiger partial charge on any atom is -0.317 e. The smallest absolute Gasteiger partial charge is 0.180 e. The van der Waals surface area contributed by atoms with Gasteiger partial charge in [0.25, 0.3) is 0 Å². The molecule has 0 atom stereocenters. The lowest BCUT2D eigenvalue weighted by atomic mass is 9.89. The van der Waals surface area contributed by atoms with Crippen LogP contribution in [0.3, 0.4) is 0 Å². The first-order valence-electron chi connectivity index (χ1n) is 5.26. The average Bonchev–Trinajstić information content (AvgIpc) is 2.36. The first-order valence-corrected chi connectivity index (χ1v) is 5.64. The maximum atomic E-state index is 13.6. The number of rotatable bonds is 1. The molecule has 1 aromatic rings. The molecule has 0 aromatic heterocycles. The Balaban J connectivity index is 2.52. The molecule has 0 unspecified atom stereocenters. The van der Waals surface area contributed by atoms with Gasteiger partial charge in [0.1, 0.15) is 5.02 Å². The predicted octanol–water partition coefficient (Wildman–Crippen LogP) is 3.36. The van der Waals surface area contributed by atoms with Crippen LogP contribution in [-0.4, -0.2) is 13.1 Å². The summed E-state index contributed by atoms with van der Waals surface area (Å²) in [4.78, 5) is 0. The minimum atomic E-state index is -1.51. The van der Waals surface area contributed by atoms with Crippen LogP contribution in [0.4, 0.5) is 17.6 Å². The van der Waals surface area contributed by atoms with Gasteiger partial charge in [-0.15, -0.1) is 0 Å². The summed E-state index contributed by atoms with van der Waals surface area (Å²) in [7, 11) is 0. The van der Waals surface area contributed by atoms with E-state index in [4.69, 9.17) is 11.6 Å². The highest BCUT2D eigenvalue weighted by atomic mass is 35.5. The van der Waals surface area contributed by atoms with Gasteiger partial charge in [-0.3, -0.25) is 0 Å². The van der Waals surface area contributed by atoms with Crippen LogP contribution in [0.2, 0.25) is 5.02 Å². The second-order valence-electron chi connectivity index (χ2n) is 4.01. The van der Waals surface area contributed by atoms with Gasteiger partial charge in [-0.2, -0.15) is 0 Å². The van der Waals surface area contributed by atoms with Gasteiger partial charge in [0.05, 0.1) is 0 Å². The highest BCUT2D eigenvalue weighted by Crippen LogP contribution is 2.35. The number of benzene rings is 1. The van der Waals surface area contributed by atoms with E-state index in [1.807, 2.05) is 0 Å². The van der Waals surface area contributed by atoms with E-state index in [1.54, 1.807) is 0 Å². The predicted molar refractivity (Wildman–Crippen MR) is 56.1 cm³/mol. The van der Waals surface area contributed by atoms with Gasteiger partial charge in [0, 0.05) is 5.56 Å². The number of halogens is 5. The lowest BCUT2D eigenvalue weighted by Gasteiger charge is -2.24. The topological polar surface area (TPSA) is 12.0 Å². The van der Waals surface area contributed by atoms with Crippen molar-refractivity contribution in [2.24, 2.45) is 0 Å². The quantitative estimate of drug-likeness (QED) is 0.467.